The molecule has 0 bridgehead atoms. The number of aliphatic hydroxyl groups is 1. The predicted molar refractivity (Wildman–Crippen MR) is 60.4 cm³/mol. The van der Waals surface area contributed by atoms with E-state index in [2.05, 4.69) is 35.6 Å². The van der Waals surface area contributed by atoms with Gasteiger partial charge in [-0.2, -0.15) is 0 Å². The average molecular weight is 280 g/mol. The van der Waals surface area contributed by atoms with Crippen molar-refractivity contribution in [3.05, 3.63) is 10.2 Å². The molecule has 1 aliphatic carbocycles. The van der Waals surface area contributed by atoms with E-state index < -0.39 is 0 Å². The Bertz CT molecular complexity index is 167. The lowest BCUT2D eigenvalue weighted by atomic mass is 9.77. The maximum Gasteiger partial charge on any atom is 0.0684 e. The fraction of sp³-hybridized carbons (Fsp3) is 0.800. The molecule has 0 aromatic heterocycles. The number of halogens is 1. The smallest absolute Gasteiger partial charge is 0.0684 e. The van der Waals surface area contributed by atoms with E-state index in [1.54, 1.807) is 0 Å². The fourth-order valence-corrected chi connectivity index (χ4v) is 2.34. The van der Waals surface area contributed by atoms with Gasteiger partial charge in [0.2, 0.25) is 0 Å². The van der Waals surface area contributed by atoms with Crippen LogP contribution in [-0.2, 0) is 0 Å². The molecule has 0 amide bonds. The van der Waals surface area contributed by atoms with Gasteiger partial charge in [0.1, 0.15) is 0 Å². The van der Waals surface area contributed by atoms with E-state index in [-0.39, 0.29) is 5.60 Å². The van der Waals surface area contributed by atoms with Gasteiger partial charge >= 0.3 is 0 Å². The Hall–Kier alpha value is 0.430. The van der Waals surface area contributed by atoms with Crippen molar-refractivity contribution in [2.45, 2.75) is 44.6 Å². The molecule has 0 aromatic carbocycles. The van der Waals surface area contributed by atoms with E-state index in [1.165, 1.54) is 12.8 Å². The number of hydrogen-bond acceptors (Lipinski definition) is 1. The SMILES string of the molecule is CC1CCCC(O)(CC=CI)C1. The lowest BCUT2D eigenvalue weighted by Gasteiger charge is -2.34. The van der Waals surface area contributed by atoms with Crippen LogP contribution in [0.15, 0.2) is 10.2 Å². The standard InChI is InChI=1S/C10H17IO/c1-9-4-2-5-10(12,8-9)6-3-7-11/h3,7,9,12H,2,4-6,8H2,1H3. The van der Waals surface area contributed by atoms with Crippen molar-refractivity contribution >= 4 is 22.6 Å². The quantitative estimate of drug-likeness (QED) is 0.770. The highest BCUT2D eigenvalue weighted by Crippen LogP contribution is 2.34. The molecule has 1 fully saturated rings. The molecule has 0 aliphatic heterocycles. The van der Waals surface area contributed by atoms with Crippen molar-refractivity contribution in [1.29, 1.82) is 0 Å². The maximum atomic E-state index is 10.1. The van der Waals surface area contributed by atoms with Gasteiger partial charge in [0.25, 0.3) is 0 Å². The first kappa shape index (κ1) is 10.5. The van der Waals surface area contributed by atoms with Gasteiger partial charge in [-0.25, -0.2) is 0 Å². The molecule has 70 valence electrons. The minimum Gasteiger partial charge on any atom is -0.390 e. The Kier molecular flexibility index (Phi) is 4.03. The molecule has 1 nitrogen and oxygen atoms in total. The summed E-state index contributed by atoms with van der Waals surface area (Å²) in [5, 5.41) is 10.1. The third-order valence-corrected chi connectivity index (χ3v) is 3.16. The fourth-order valence-electron chi connectivity index (χ4n) is 2.08. The highest BCUT2D eigenvalue weighted by molar-refractivity contribution is 14.1. The summed E-state index contributed by atoms with van der Waals surface area (Å²) >= 11 is 2.20. The van der Waals surface area contributed by atoms with Crippen LogP contribution in [0.1, 0.15) is 39.0 Å². The molecule has 2 unspecified atom stereocenters. The largest absolute Gasteiger partial charge is 0.390 e. The number of hydrogen-bond donors (Lipinski definition) is 1. The lowest BCUT2D eigenvalue weighted by molar-refractivity contribution is -0.00998. The second kappa shape index (κ2) is 4.61. The summed E-state index contributed by atoms with van der Waals surface area (Å²) < 4.78 is 2.00. The summed E-state index contributed by atoms with van der Waals surface area (Å²) in [6.07, 6.45) is 7.34. The molecule has 1 aliphatic rings. The Morgan fingerprint density at radius 3 is 3.00 bits per heavy atom. The normalized spacial score (nSPS) is 37.4. The summed E-state index contributed by atoms with van der Waals surface area (Å²) in [4.78, 5) is 0. The van der Waals surface area contributed by atoms with Gasteiger partial charge in [0.15, 0.2) is 0 Å². The average Bonchev–Trinajstić information content (AvgIpc) is 2.01. The summed E-state index contributed by atoms with van der Waals surface area (Å²) in [6.45, 7) is 2.23. The number of rotatable bonds is 2. The molecular weight excluding hydrogens is 263 g/mol. The van der Waals surface area contributed by atoms with Crippen molar-refractivity contribution < 1.29 is 5.11 Å². The monoisotopic (exact) mass is 280 g/mol. The molecule has 0 heterocycles. The zero-order valence-corrected chi connectivity index (χ0v) is 9.75. The molecule has 1 rings (SSSR count). The van der Waals surface area contributed by atoms with Crippen molar-refractivity contribution in [3.8, 4) is 0 Å². The van der Waals surface area contributed by atoms with Gasteiger partial charge in [-0.3, -0.25) is 0 Å². The van der Waals surface area contributed by atoms with Crippen molar-refractivity contribution in [2.24, 2.45) is 5.92 Å². The highest BCUT2D eigenvalue weighted by Gasteiger charge is 2.30. The molecule has 12 heavy (non-hydrogen) atoms. The first-order chi connectivity index (χ1) is 5.66. The Morgan fingerprint density at radius 2 is 2.42 bits per heavy atom. The van der Waals surface area contributed by atoms with Crippen LogP contribution in [0.3, 0.4) is 0 Å². The molecule has 1 N–H and O–H groups in total. The third kappa shape index (κ3) is 3.05. The zero-order chi connectivity index (χ0) is 9.03. The topological polar surface area (TPSA) is 20.2 Å². The molecule has 0 spiro atoms. The second-order valence-electron chi connectivity index (χ2n) is 3.99. The van der Waals surface area contributed by atoms with Crippen molar-refractivity contribution in [3.63, 3.8) is 0 Å². The molecule has 1 saturated carbocycles. The highest BCUT2D eigenvalue weighted by atomic mass is 127. The summed E-state index contributed by atoms with van der Waals surface area (Å²) in [5.74, 6) is 0.700. The van der Waals surface area contributed by atoms with Gasteiger partial charge in [0.05, 0.1) is 5.60 Å². The second-order valence-corrected chi connectivity index (χ2v) is 4.71. The first-order valence-corrected chi connectivity index (χ1v) is 5.88. The van der Waals surface area contributed by atoms with Crippen LogP contribution >= 0.6 is 22.6 Å². The molecule has 0 saturated heterocycles. The van der Waals surface area contributed by atoms with Crippen molar-refractivity contribution in [1.82, 2.24) is 0 Å². The van der Waals surface area contributed by atoms with E-state index in [0.717, 1.165) is 19.3 Å². The van der Waals surface area contributed by atoms with E-state index in [4.69, 9.17) is 0 Å². The van der Waals surface area contributed by atoms with Crippen LogP contribution in [0.2, 0.25) is 0 Å². The van der Waals surface area contributed by atoms with Crippen molar-refractivity contribution in [2.75, 3.05) is 0 Å². The molecular formula is C10H17IO. The molecule has 2 heteroatoms. The minimum atomic E-state index is -0.390. The van der Waals surface area contributed by atoms with E-state index in [1.807, 2.05) is 4.08 Å². The Balaban J connectivity index is 2.45. The van der Waals surface area contributed by atoms with Gasteiger partial charge in [-0.05, 0) is 29.3 Å². The van der Waals surface area contributed by atoms with Gasteiger partial charge in [-0.1, -0.05) is 48.4 Å². The Labute approximate surface area is 88.4 Å². The Morgan fingerprint density at radius 1 is 1.67 bits per heavy atom. The molecule has 0 aromatic rings. The van der Waals surface area contributed by atoms with E-state index in [9.17, 15) is 5.11 Å². The summed E-state index contributed by atoms with van der Waals surface area (Å²) in [6, 6.07) is 0. The molecule has 2 atom stereocenters. The van der Waals surface area contributed by atoms with Crippen LogP contribution in [0, 0.1) is 5.92 Å². The van der Waals surface area contributed by atoms with E-state index in [0.29, 0.717) is 5.92 Å². The lowest BCUT2D eigenvalue weighted by Crippen LogP contribution is -2.33. The van der Waals surface area contributed by atoms with Crippen LogP contribution in [-0.4, -0.2) is 10.7 Å². The summed E-state index contributed by atoms with van der Waals surface area (Å²) in [5.41, 5.74) is -0.390. The van der Waals surface area contributed by atoms with Gasteiger partial charge in [0, 0.05) is 0 Å². The van der Waals surface area contributed by atoms with E-state index >= 15 is 0 Å². The van der Waals surface area contributed by atoms with Crippen LogP contribution in [0.5, 0.6) is 0 Å². The minimum absolute atomic E-state index is 0.390. The zero-order valence-electron chi connectivity index (χ0n) is 7.59. The molecule has 0 radical (unpaired) electrons. The van der Waals surface area contributed by atoms with Crippen LogP contribution < -0.4 is 0 Å². The van der Waals surface area contributed by atoms with Gasteiger partial charge in [-0.15, -0.1) is 0 Å². The van der Waals surface area contributed by atoms with Gasteiger partial charge < -0.3 is 5.11 Å². The van der Waals surface area contributed by atoms with Crippen LogP contribution in [0.25, 0.3) is 0 Å². The summed E-state index contributed by atoms with van der Waals surface area (Å²) in [7, 11) is 0. The first-order valence-electron chi connectivity index (χ1n) is 4.64. The third-order valence-electron chi connectivity index (χ3n) is 2.65. The van der Waals surface area contributed by atoms with Crippen LogP contribution in [0.4, 0.5) is 0 Å². The maximum absolute atomic E-state index is 10.1. The predicted octanol–water partition coefficient (Wildman–Crippen LogP) is 3.27.